The highest BCUT2D eigenvalue weighted by Crippen LogP contribution is 2.40. The lowest BCUT2D eigenvalue weighted by atomic mass is 9.71. The average Bonchev–Trinajstić information content (AvgIpc) is 3.02. The molecule has 1 N–H and O–H groups in total. The van der Waals surface area contributed by atoms with E-state index in [4.69, 9.17) is 11.6 Å². The number of aromatic nitrogens is 1. The molecule has 4 nitrogen and oxygen atoms in total. The zero-order valence-electron chi connectivity index (χ0n) is 14.9. The van der Waals surface area contributed by atoms with Gasteiger partial charge < -0.3 is 10.0 Å². The van der Waals surface area contributed by atoms with Gasteiger partial charge >= 0.3 is 0 Å². The van der Waals surface area contributed by atoms with Crippen LogP contribution in [0.3, 0.4) is 0 Å². The smallest absolute Gasteiger partial charge is 0.265 e. The van der Waals surface area contributed by atoms with Crippen molar-refractivity contribution in [3.8, 4) is 10.6 Å². The first-order valence-corrected chi connectivity index (χ1v) is 10.4. The minimum atomic E-state index is -0.563. The third kappa shape index (κ3) is 3.28. The van der Waals surface area contributed by atoms with Crippen LogP contribution in [0.4, 0.5) is 0 Å². The highest BCUT2D eigenvalue weighted by molar-refractivity contribution is 7.17. The molecule has 1 aromatic heterocycles. The van der Waals surface area contributed by atoms with E-state index in [-0.39, 0.29) is 11.8 Å². The largest absolute Gasteiger partial charge is 0.389 e. The minimum absolute atomic E-state index is 0.0489. The van der Waals surface area contributed by atoms with Gasteiger partial charge in [-0.25, -0.2) is 4.98 Å². The second kappa shape index (κ2) is 6.95. The normalized spacial score (nSPS) is 25.8. The summed E-state index contributed by atoms with van der Waals surface area (Å²) >= 11 is 7.40. The van der Waals surface area contributed by atoms with E-state index >= 15 is 0 Å². The number of carbonyl (C=O) groups is 1. The van der Waals surface area contributed by atoms with E-state index < -0.39 is 5.60 Å². The molecular formula is C20H23ClN2O2S. The van der Waals surface area contributed by atoms with Crippen LogP contribution in [0.2, 0.25) is 5.02 Å². The first-order valence-electron chi connectivity index (χ1n) is 9.21. The number of halogens is 1. The Bertz CT molecular complexity index is 820. The summed E-state index contributed by atoms with van der Waals surface area (Å²) in [6, 6.07) is 7.53. The third-order valence-corrected chi connectivity index (χ3v) is 7.24. The Morgan fingerprint density at radius 2 is 2.08 bits per heavy atom. The molecule has 2 heterocycles. The van der Waals surface area contributed by atoms with Crippen molar-refractivity contribution in [2.75, 3.05) is 13.1 Å². The van der Waals surface area contributed by atoms with Crippen LogP contribution in [-0.4, -0.2) is 39.6 Å². The van der Waals surface area contributed by atoms with Crippen LogP contribution in [0.25, 0.3) is 10.6 Å². The van der Waals surface area contributed by atoms with Gasteiger partial charge in [0.15, 0.2) is 0 Å². The molecule has 2 unspecified atom stereocenters. The number of thiazole rings is 1. The zero-order chi connectivity index (χ0) is 18.3. The van der Waals surface area contributed by atoms with Crippen LogP contribution in [0.1, 0.15) is 47.5 Å². The number of nitrogens with zero attached hydrogens (tertiary/aromatic N) is 2. The molecule has 1 amide bonds. The third-order valence-electron chi connectivity index (χ3n) is 5.80. The van der Waals surface area contributed by atoms with Gasteiger partial charge in [-0.15, -0.1) is 11.3 Å². The predicted molar refractivity (Wildman–Crippen MR) is 105 cm³/mol. The number of likely N-dealkylation sites (tertiary alicyclic amines) is 1. The number of benzene rings is 1. The summed E-state index contributed by atoms with van der Waals surface area (Å²) in [6.07, 6.45) is 4.82. The molecule has 0 spiro atoms. The van der Waals surface area contributed by atoms with Crippen LogP contribution in [0, 0.1) is 12.8 Å². The summed E-state index contributed by atoms with van der Waals surface area (Å²) < 4.78 is 0. The Morgan fingerprint density at radius 3 is 2.85 bits per heavy atom. The van der Waals surface area contributed by atoms with Crippen LogP contribution in [-0.2, 0) is 0 Å². The zero-order valence-corrected chi connectivity index (χ0v) is 16.4. The van der Waals surface area contributed by atoms with Crippen molar-refractivity contribution in [3.63, 3.8) is 0 Å². The number of piperidine rings is 1. The van der Waals surface area contributed by atoms with Crippen molar-refractivity contribution in [1.29, 1.82) is 0 Å². The molecule has 2 atom stereocenters. The van der Waals surface area contributed by atoms with Gasteiger partial charge in [-0.1, -0.05) is 36.6 Å². The average molecular weight is 391 g/mol. The summed E-state index contributed by atoms with van der Waals surface area (Å²) in [6.45, 7) is 3.17. The van der Waals surface area contributed by atoms with Gasteiger partial charge in [-0.2, -0.15) is 0 Å². The van der Waals surface area contributed by atoms with E-state index in [1.807, 2.05) is 36.1 Å². The molecular weight excluding hydrogens is 368 g/mol. The number of aryl methyl sites for hydroxylation is 1. The molecule has 138 valence electrons. The quantitative estimate of drug-likeness (QED) is 0.819. The lowest BCUT2D eigenvalue weighted by molar-refractivity contribution is -0.0885. The molecule has 1 aromatic carbocycles. The standard InChI is InChI=1S/C20H23ClN2O2S/c1-13-17(26-18(22-13)14-5-7-16(21)8-6-14)19(24)23-11-10-20(25)9-3-2-4-15(20)12-23/h5-8,15,25H,2-4,9-12H2,1H3. The van der Waals surface area contributed by atoms with Crippen molar-refractivity contribution in [2.24, 2.45) is 5.92 Å². The number of hydrogen-bond acceptors (Lipinski definition) is 4. The lowest BCUT2D eigenvalue weighted by Crippen LogP contribution is -2.54. The highest BCUT2D eigenvalue weighted by atomic mass is 35.5. The lowest BCUT2D eigenvalue weighted by Gasteiger charge is -2.47. The van der Waals surface area contributed by atoms with E-state index in [0.29, 0.717) is 29.4 Å². The molecule has 6 heteroatoms. The van der Waals surface area contributed by atoms with Crippen molar-refractivity contribution in [2.45, 2.75) is 44.6 Å². The van der Waals surface area contributed by atoms with E-state index in [9.17, 15) is 9.90 Å². The fourth-order valence-electron chi connectivity index (χ4n) is 4.21. The maximum atomic E-state index is 13.1. The summed E-state index contributed by atoms with van der Waals surface area (Å²) in [5.74, 6) is 0.255. The predicted octanol–water partition coefficient (Wildman–Crippen LogP) is 4.54. The van der Waals surface area contributed by atoms with E-state index in [1.165, 1.54) is 11.3 Å². The molecule has 1 aliphatic heterocycles. The molecule has 2 aromatic rings. The Balaban J connectivity index is 1.54. The fraction of sp³-hybridized carbons (Fsp3) is 0.500. The number of hydrogen-bond donors (Lipinski definition) is 1. The second-order valence-corrected chi connectivity index (χ2v) is 8.92. The SMILES string of the molecule is Cc1nc(-c2ccc(Cl)cc2)sc1C(=O)N1CCC2(O)CCCCC2C1. The summed E-state index contributed by atoms with van der Waals surface area (Å²) in [7, 11) is 0. The summed E-state index contributed by atoms with van der Waals surface area (Å²) in [5, 5.41) is 12.4. The molecule has 0 bridgehead atoms. The molecule has 1 saturated heterocycles. The highest BCUT2D eigenvalue weighted by Gasteiger charge is 2.44. The molecule has 0 radical (unpaired) electrons. The number of rotatable bonds is 2. The molecule has 2 aliphatic rings. The second-order valence-electron chi connectivity index (χ2n) is 7.49. The number of aliphatic hydroxyl groups is 1. The Kier molecular flexibility index (Phi) is 4.80. The van der Waals surface area contributed by atoms with Gasteiger partial charge in [0, 0.05) is 29.6 Å². The minimum Gasteiger partial charge on any atom is -0.389 e. The number of carbonyl (C=O) groups excluding carboxylic acids is 1. The number of fused-ring (bicyclic) bond motifs is 1. The van der Waals surface area contributed by atoms with Gasteiger partial charge in [-0.05, 0) is 38.3 Å². The van der Waals surface area contributed by atoms with Gasteiger partial charge in [0.2, 0.25) is 0 Å². The van der Waals surface area contributed by atoms with Gasteiger partial charge in [0.05, 0.1) is 11.3 Å². The molecule has 1 aliphatic carbocycles. The monoisotopic (exact) mass is 390 g/mol. The van der Waals surface area contributed by atoms with E-state index in [0.717, 1.165) is 41.9 Å². The summed E-state index contributed by atoms with van der Waals surface area (Å²) in [5.41, 5.74) is 1.18. The van der Waals surface area contributed by atoms with Crippen LogP contribution in [0.5, 0.6) is 0 Å². The van der Waals surface area contributed by atoms with Crippen LogP contribution < -0.4 is 0 Å². The summed E-state index contributed by atoms with van der Waals surface area (Å²) in [4.78, 5) is 20.3. The van der Waals surface area contributed by atoms with E-state index in [2.05, 4.69) is 4.98 Å². The van der Waals surface area contributed by atoms with E-state index in [1.54, 1.807) is 0 Å². The number of amides is 1. The fourth-order valence-corrected chi connectivity index (χ4v) is 5.38. The Morgan fingerprint density at radius 1 is 1.31 bits per heavy atom. The van der Waals surface area contributed by atoms with Gasteiger partial charge in [0.25, 0.3) is 5.91 Å². The van der Waals surface area contributed by atoms with Crippen molar-refractivity contribution < 1.29 is 9.90 Å². The van der Waals surface area contributed by atoms with Crippen molar-refractivity contribution in [1.82, 2.24) is 9.88 Å². The van der Waals surface area contributed by atoms with Gasteiger partial charge in [0.1, 0.15) is 9.88 Å². The molecule has 2 fully saturated rings. The molecule has 1 saturated carbocycles. The molecule has 4 rings (SSSR count). The Labute approximate surface area is 162 Å². The van der Waals surface area contributed by atoms with Crippen LogP contribution >= 0.6 is 22.9 Å². The first-order chi connectivity index (χ1) is 12.5. The van der Waals surface area contributed by atoms with Crippen molar-refractivity contribution in [3.05, 3.63) is 39.9 Å². The topological polar surface area (TPSA) is 53.4 Å². The first kappa shape index (κ1) is 18.0. The van der Waals surface area contributed by atoms with Crippen LogP contribution in [0.15, 0.2) is 24.3 Å². The maximum absolute atomic E-state index is 13.1. The maximum Gasteiger partial charge on any atom is 0.265 e. The van der Waals surface area contributed by atoms with Crippen molar-refractivity contribution >= 4 is 28.8 Å². The Hall–Kier alpha value is -1.43. The van der Waals surface area contributed by atoms with Gasteiger partial charge in [-0.3, -0.25) is 4.79 Å². The molecule has 26 heavy (non-hydrogen) atoms.